The number of nitrogens with zero attached hydrogens (tertiary/aromatic N) is 2. The molecule has 2 aliphatic heterocycles. The van der Waals surface area contributed by atoms with Crippen molar-refractivity contribution in [2.75, 3.05) is 26.2 Å². The van der Waals surface area contributed by atoms with Gasteiger partial charge in [0.1, 0.15) is 0 Å². The van der Waals surface area contributed by atoms with Crippen molar-refractivity contribution in [3.8, 4) is 0 Å². The van der Waals surface area contributed by atoms with Crippen molar-refractivity contribution in [2.24, 2.45) is 5.92 Å². The highest BCUT2D eigenvalue weighted by atomic mass is 16.2. The molecule has 0 bridgehead atoms. The molecule has 2 saturated heterocycles. The van der Waals surface area contributed by atoms with E-state index in [4.69, 9.17) is 0 Å². The van der Waals surface area contributed by atoms with Gasteiger partial charge in [0.25, 0.3) is 0 Å². The number of rotatable bonds is 4. The van der Waals surface area contributed by atoms with E-state index >= 15 is 0 Å². The standard InChI is InChI=1S/C18H25N3O/c22-17-14-21(13-15-4-2-1-3-5-15)18(19-17)8-10-20(11-9-18)12-16-6-7-16/h1-5,16H,6-14H2,(H,19,22). The van der Waals surface area contributed by atoms with Gasteiger partial charge in [-0.25, -0.2) is 0 Å². The van der Waals surface area contributed by atoms with Gasteiger partial charge in [-0.05, 0) is 37.2 Å². The van der Waals surface area contributed by atoms with Crippen LogP contribution >= 0.6 is 0 Å². The van der Waals surface area contributed by atoms with Gasteiger partial charge in [-0.15, -0.1) is 0 Å². The predicted octanol–water partition coefficient (Wildman–Crippen LogP) is 1.82. The van der Waals surface area contributed by atoms with Gasteiger partial charge in [-0.3, -0.25) is 9.69 Å². The molecule has 3 fully saturated rings. The topological polar surface area (TPSA) is 35.6 Å². The molecule has 2 heterocycles. The van der Waals surface area contributed by atoms with E-state index in [1.54, 1.807) is 0 Å². The van der Waals surface area contributed by atoms with Crippen LogP contribution in [0.15, 0.2) is 30.3 Å². The molecule has 1 aromatic carbocycles. The summed E-state index contributed by atoms with van der Waals surface area (Å²) >= 11 is 0. The largest absolute Gasteiger partial charge is 0.337 e. The third-order valence-corrected chi connectivity index (χ3v) is 5.42. The van der Waals surface area contributed by atoms with Crippen molar-refractivity contribution < 1.29 is 4.79 Å². The Bertz CT molecular complexity index is 533. The number of benzene rings is 1. The summed E-state index contributed by atoms with van der Waals surface area (Å²) in [5, 5.41) is 3.29. The smallest absolute Gasteiger partial charge is 0.235 e. The van der Waals surface area contributed by atoms with Crippen LogP contribution in [0, 0.1) is 5.92 Å². The Morgan fingerprint density at radius 3 is 2.55 bits per heavy atom. The van der Waals surface area contributed by atoms with Gasteiger partial charge in [0.2, 0.25) is 5.91 Å². The molecule has 4 rings (SSSR count). The van der Waals surface area contributed by atoms with Crippen molar-refractivity contribution in [3.63, 3.8) is 0 Å². The lowest BCUT2D eigenvalue weighted by Gasteiger charge is -2.44. The van der Waals surface area contributed by atoms with E-state index in [9.17, 15) is 4.79 Å². The van der Waals surface area contributed by atoms with Gasteiger partial charge in [-0.2, -0.15) is 0 Å². The van der Waals surface area contributed by atoms with Gasteiger partial charge in [0, 0.05) is 26.2 Å². The van der Waals surface area contributed by atoms with Crippen LogP contribution in [0.2, 0.25) is 0 Å². The molecular weight excluding hydrogens is 274 g/mol. The van der Waals surface area contributed by atoms with E-state index in [0.29, 0.717) is 6.54 Å². The van der Waals surface area contributed by atoms with Crippen LogP contribution in [0.1, 0.15) is 31.2 Å². The Hall–Kier alpha value is -1.39. The van der Waals surface area contributed by atoms with Crippen LogP contribution in [-0.4, -0.2) is 47.5 Å². The highest BCUT2D eigenvalue weighted by molar-refractivity contribution is 5.81. The molecule has 4 nitrogen and oxygen atoms in total. The number of nitrogens with one attached hydrogen (secondary N) is 1. The number of piperidine rings is 1. The molecule has 1 N–H and O–H groups in total. The minimum absolute atomic E-state index is 0.104. The number of carbonyl (C=O) groups excluding carboxylic acids is 1. The van der Waals surface area contributed by atoms with Gasteiger partial charge in [0.15, 0.2) is 0 Å². The van der Waals surface area contributed by atoms with E-state index in [1.165, 1.54) is 24.9 Å². The Labute approximate surface area is 132 Å². The van der Waals surface area contributed by atoms with Crippen molar-refractivity contribution in [1.29, 1.82) is 0 Å². The highest BCUT2D eigenvalue weighted by Gasteiger charge is 2.46. The average molecular weight is 299 g/mol. The average Bonchev–Trinajstić information content (AvgIpc) is 3.29. The minimum atomic E-state index is -0.104. The summed E-state index contributed by atoms with van der Waals surface area (Å²) in [5.74, 6) is 1.14. The van der Waals surface area contributed by atoms with Gasteiger partial charge in [0.05, 0.1) is 12.2 Å². The van der Waals surface area contributed by atoms with Crippen LogP contribution < -0.4 is 5.32 Å². The first kappa shape index (κ1) is 14.2. The highest BCUT2D eigenvalue weighted by Crippen LogP contribution is 2.34. The van der Waals surface area contributed by atoms with Crippen LogP contribution in [0.4, 0.5) is 0 Å². The summed E-state index contributed by atoms with van der Waals surface area (Å²) in [5.41, 5.74) is 1.19. The maximum atomic E-state index is 12.0. The molecule has 22 heavy (non-hydrogen) atoms. The quantitative estimate of drug-likeness (QED) is 0.921. The monoisotopic (exact) mass is 299 g/mol. The fourth-order valence-electron chi connectivity index (χ4n) is 3.93. The van der Waals surface area contributed by atoms with Crippen molar-refractivity contribution in [3.05, 3.63) is 35.9 Å². The zero-order valence-corrected chi connectivity index (χ0v) is 13.1. The zero-order valence-electron chi connectivity index (χ0n) is 13.1. The molecule has 0 atom stereocenters. The summed E-state index contributed by atoms with van der Waals surface area (Å²) in [7, 11) is 0. The first-order valence-electron chi connectivity index (χ1n) is 8.56. The molecule has 1 saturated carbocycles. The van der Waals surface area contributed by atoms with Crippen LogP contribution in [0.5, 0.6) is 0 Å². The molecule has 118 valence electrons. The molecule has 1 aromatic rings. The molecule has 0 aromatic heterocycles. The number of hydrogen-bond donors (Lipinski definition) is 1. The van der Waals surface area contributed by atoms with Crippen molar-refractivity contribution in [1.82, 2.24) is 15.1 Å². The van der Waals surface area contributed by atoms with Gasteiger partial charge >= 0.3 is 0 Å². The molecule has 1 spiro atoms. The summed E-state index contributed by atoms with van der Waals surface area (Å²) in [6.45, 7) is 4.90. The van der Waals surface area contributed by atoms with Crippen LogP contribution in [0.25, 0.3) is 0 Å². The maximum absolute atomic E-state index is 12.0. The van der Waals surface area contributed by atoms with E-state index in [2.05, 4.69) is 39.4 Å². The molecule has 0 radical (unpaired) electrons. The van der Waals surface area contributed by atoms with E-state index in [1.807, 2.05) is 6.07 Å². The fourth-order valence-corrected chi connectivity index (χ4v) is 3.93. The van der Waals surface area contributed by atoms with Crippen molar-refractivity contribution in [2.45, 2.75) is 37.9 Å². The van der Waals surface area contributed by atoms with Crippen LogP contribution in [0.3, 0.4) is 0 Å². The normalized spacial score (nSPS) is 25.5. The summed E-state index contributed by atoms with van der Waals surface area (Å²) in [6, 6.07) is 10.5. The second-order valence-corrected chi connectivity index (χ2v) is 7.17. The van der Waals surface area contributed by atoms with Crippen molar-refractivity contribution >= 4 is 5.91 Å². The summed E-state index contributed by atoms with van der Waals surface area (Å²) in [4.78, 5) is 17.0. The lowest BCUT2D eigenvalue weighted by atomic mass is 9.95. The lowest BCUT2D eigenvalue weighted by molar-refractivity contribution is -0.119. The Kier molecular flexibility index (Phi) is 3.66. The van der Waals surface area contributed by atoms with E-state index in [-0.39, 0.29) is 11.6 Å². The summed E-state index contributed by atoms with van der Waals surface area (Å²) < 4.78 is 0. The Morgan fingerprint density at radius 1 is 1.14 bits per heavy atom. The van der Waals surface area contributed by atoms with Gasteiger partial charge < -0.3 is 10.2 Å². The Balaban J connectivity index is 1.43. The zero-order chi connectivity index (χ0) is 15.0. The molecule has 0 unspecified atom stereocenters. The molecule has 1 aliphatic carbocycles. The number of carbonyl (C=O) groups is 1. The summed E-state index contributed by atoms with van der Waals surface area (Å²) in [6.07, 6.45) is 4.94. The predicted molar refractivity (Wildman–Crippen MR) is 86.1 cm³/mol. The second kappa shape index (κ2) is 5.67. The molecule has 4 heteroatoms. The number of hydrogen-bond acceptors (Lipinski definition) is 3. The third kappa shape index (κ3) is 2.90. The lowest BCUT2D eigenvalue weighted by Crippen LogP contribution is -2.58. The van der Waals surface area contributed by atoms with Gasteiger partial charge in [-0.1, -0.05) is 30.3 Å². The first-order valence-corrected chi connectivity index (χ1v) is 8.56. The second-order valence-electron chi connectivity index (χ2n) is 7.17. The van der Waals surface area contributed by atoms with Crippen LogP contribution in [-0.2, 0) is 11.3 Å². The molecular formula is C18H25N3O. The molecule has 1 amide bonds. The fraction of sp³-hybridized carbons (Fsp3) is 0.611. The number of likely N-dealkylation sites (tertiary alicyclic amines) is 1. The molecule has 3 aliphatic rings. The third-order valence-electron chi connectivity index (χ3n) is 5.42. The number of amides is 1. The maximum Gasteiger partial charge on any atom is 0.235 e. The van der Waals surface area contributed by atoms with E-state index in [0.717, 1.165) is 38.4 Å². The van der Waals surface area contributed by atoms with E-state index < -0.39 is 0 Å². The Morgan fingerprint density at radius 2 is 1.86 bits per heavy atom. The minimum Gasteiger partial charge on any atom is -0.337 e. The SMILES string of the molecule is O=C1CN(Cc2ccccc2)C2(CCN(CC3CC3)CC2)N1. The first-order chi connectivity index (χ1) is 10.7.